The van der Waals surface area contributed by atoms with E-state index in [-0.39, 0.29) is 0 Å². The first kappa shape index (κ1) is 11.0. The van der Waals surface area contributed by atoms with Gasteiger partial charge in [-0.05, 0) is 37.3 Å². The van der Waals surface area contributed by atoms with Crippen molar-refractivity contribution in [3.8, 4) is 0 Å². The Morgan fingerprint density at radius 1 is 1.33 bits per heavy atom. The molecular weight excluding hydrogens is 246 g/mol. The van der Waals surface area contributed by atoms with Crippen molar-refractivity contribution in [2.75, 3.05) is 0 Å². The van der Waals surface area contributed by atoms with E-state index in [4.69, 9.17) is 12.2 Å². The molecule has 0 amide bonds. The van der Waals surface area contributed by atoms with Gasteiger partial charge in [-0.3, -0.25) is 4.57 Å². The van der Waals surface area contributed by atoms with E-state index in [0.29, 0.717) is 11.3 Å². The Morgan fingerprint density at radius 3 is 3.00 bits per heavy atom. The van der Waals surface area contributed by atoms with E-state index in [0.717, 1.165) is 22.6 Å². The predicted octanol–water partition coefficient (Wildman–Crippen LogP) is 2.24. The zero-order valence-corrected chi connectivity index (χ0v) is 10.6. The molecule has 3 aromatic heterocycles. The van der Waals surface area contributed by atoms with Crippen molar-refractivity contribution < 1.29 is 0 Å². The standard InChI is InChI=1S/C12H11N5S/c1-8-2-3-10-11(15-8)17(12(18)16-10)6-9-4-5-13-7-14-9/h2-5,7H,6H2,1H3,(H,16,18). The minimum atomic E-state index is 0.595. The summed E-state index contributed by atoms with van der Waals surface area (Å²) >= 11 is 5.32. The molecule has 0 aromatic carbocycles. The van der Waals surface area contributed by atoms with Crippen LogP contribution in [0.4, 0.5) is 0 Å². The molecule has 0 spiro atoms. The Balaban J connectivity index is 2.14. The van der Waals surface area contributed by atoms with Gasteiger partial charge in [0.25, 0.3) is 0 Å². The molecule has 0 unspecified atom stereocenters. The second-order valence-electron chi connectivity index (χ2n) is 4.04. The van der Waals surface area contributed by atoms with E-state index in [1.54, 1.807) is 6.20 Å². The van der Waals surface area contributed by atoms with E-state index >= 15 is 0 Å². The molecule has 3 heterocycles. The highest BCUT2D eigenvalue weighted by Crippen LogP contribution is 2.13. The third kappa shape index (κ3) is 1.91. The topological polar surface area (TPSA) is 59.4 Å². The molecule has 0 aliphatic rings. The number of hydrogen-bond donors (Lipinski definition) is 1. The van der Waals surface area contributed by atoms with Crippen LogP contribution in [0.25, 0.3) is 11.2 Å². The van der Waals surface area contributed by atoms with Crippen molar-refractivity contribution in [3.05, 3.63) is 46.9 Å². The monoisotopic (exact) mass is 257 g/mol. The lowest BCUT2D eigenvalue weighted by Gasteiger charge is -2.03. The smallest absolute Gasteiger partial charge is 0.179 e. The SMILES string of the molecule is Cc1ccc2[nH]c(=S)n(Cc3ccncn3)c2n1. The molecule has 6 heteroatoms. The molecule has 1 N–H and O–H groups in total. The summed E-state index contributed by atoms with van der Waals surface area (Å²) in [5, 5.41) is 0. The molecule has 0 saturated carbocycles. The van der Waals surface area contributed by atoms with Crippen molar-refractivity contribution in [2.45, 2.75) is 13.5 Å². The van der Waals surface area contributed by atoms with Crippen molar-refractivity contribution in [3.63, 3.8) is 0 Å². The van der Waals surface area contributed by atoms with Gasteiger partial charge < -0.3 is 4.98 Å². The van der Waals surface area contributed by atoms with Gasteiger partial charge in [0.05, 0.1) is 17.8 Å². The molecule has 90 valence electrons. The molecule has 0 aliphatic carbocycles. The summed E-state index contributed by atoms with van der Waals surface area (Å²) in [4.78, 5) is 15.8. The van der Waals surface area contributed by atoms with Gasteiger partial charge in [-0.25, -0.2) is 15.0 Å². The van der Waals surface area contributed by atoms with Crippen LogP contribution >= 0.6 is 12.2 Å². The van der Waals surface area contributed by atoms with Gasteiger partial charge in [0.15, 0.2) is 10.4 Å². The van der Waals surface area contributed by atoms with Crippen LogP contribution in [-0.2, 0) is 6.54 Å². The highest BCUT2D eigenvalue weighted by atomic mass is 32.1. The van der Waals surface area contributed by atoms with Crippen LogP contribution < -0.4 is 0 Å². The zero-order valence-electron chi connectivity index (χ0n) is 9.79. The van der Waals surface area contributed by atoms with E-state index in [2.05, 4.69) is 19.9 Å². The van der Waals surface area contributed by atoms with Gasteiger partial charge in [-0.2, -0.15) is 0 Å². The molecule has 0 saturated heterocycles. The second-order valence-corrected chi connectivity index (χ2v) is 4.43. The second kappa shape index (κ2) is 4.30. The van der Waals surface area contributed by atoms with Crippen LogP contribution in [0.15, 0.2) is 30.7 Å². The van der Waals surface area contributed by atoms with Crippen LogP contribution in [0, 0.1) is 11.7 Å². The Kier molecular flexibility index (Phi) is 2.64. The van der Waals surface area contributed by atoms with Gasteiger partial charge in [0, 0.05) is 11.9 Å². The summed E-state index contributed by atoms with van der Waals surface area (Å²) in [6, 6.07) is 5.82. The fourth-order valence-electron chi connectivity index (χ4n) is 1.85. The van der Waals surface area contributed by atoms with Gasteiger partial charge in [-0.15, -0.1) is 0 Å². The van der Waals surface area contributed by atoms with Gasteiger partial charge >= 0.3 is 0 Å². The molecular formula is C12H11N5S. The van der Waals surface area contributed by atoms with E-state index in [1.807, 2.05) is 29.7 Å². The number of nitrogens with zero attached hydrogens (tertiary/aromatic N) is 4. The fraction of sp³-hybridized carbons (Fsp3) is 0.167. The van der Waals surface area contributed by atoms with Crippen molar-refractivity contribution in [1.29, 1.82) is 0 Å². The fourth-order valence-corrected chi connectivity index (χ4v) is 2.11. The largest absolute Gasteiger partial charge is 0.329 e. The van der Waals surface area contributed by atoms with E-state index in [1.165, 1.54) is 6.33 Å². The maximum atomic E-state index is 5.32. The molecule has 0 bridgehead atoms. The number of aromatic amines is 1. The lowest BCUT2D eigenvalue weighted by atomic mass is 10.3. The zero-order chi connectivity index (χ0) is 12.5. The summed E-state index contributed by atoms with van der Waals surface area (Å²) in [5.41, 5.74) is 3.68. The quantitative estimate of drug-likeness (QED) is 0.715. The number of hydrogen-bond acceptors (Lipinski definition) is 4. The number of pyridine rings is 1. The van der Waals surface area contributed by atoms with Crippen molar-refractivity contribution >= 4 is 23.4 Å². The number of aromatic nitrogens is 5. The Hall–Kier alpha value is -2.08. The molecule has 18 heavy (non-hydrogen) atoms. The molecule has 5 nitrogen and oxygen atoms in total. The van der Waals surface area contributed by atoms with Crippen LogP contribution in [0.3, 0.4) is 0 Å². The first-order chi connectivity index (χ1) is 8.74. The normalized spacial score (nSPS) is 10.9. The maximum Gasteiger partial charge on any atom is 0.179 e. The maximum absolute atomic E-state index is 5.32. The molecule has 3 aromatic rings. The van der Waals surface area contributed by atoms with E-state index < -0.39 is 0 Å². The first-order valence-corrected chi connectivity index (χ1v) is 5.96. The lowest BCUT2D eigenvalue weighted by Crippen LogP contribution is -2.03. The average Bonchev–Trinajstić information content (AvgIpc) is 2.67. The summed E-state index contributed by atoms with van der Waals surface area (Å²) < 4.78 is 2.60. The highest BCUT2D eigenvalue weighted by Gasteiger charge is 2.07. The Morgan fingerprint density at radius 2 is 2.22 bits per heavy atom. The van der Waals surface area contributed by atoms with Crippen LogP contribution in [-0.4, -0.2) is 24.5 Å². The molecule has 0 aliphatic heterocycles. The minimum absolute atomic E-state index is 0.595. The summed E-state index contributed by atoms with van der Waals surface area (Å²) in [6.45, 7) is 2.56. The summed E-state index contributed by atoms with van der Waals surface area (Å²) in [6.07, 6.45) is 3.26. The number of aryl methyl sites for hydroxylation is 1. The molecule has 0 fully saturated rings. The third-order valence-corrected chi connectivity index (χ3v) is 3.04. The Bertz CT molecular complexity index is 744. The van der Waals surface area contributed by atoms with Crippen molar-refractivity contribution in [2.24, 2.45) is 0 Å². The van der Waals surface area contributed by atoms with Crippen LogP contribution in [0.1, 0.15) is 11.4 Å². The first-order valence-electron chi connectivity index (χ1n) is 5.55. The lowest BCUT2D eigenvalue weighted by molar-refractivity contribution is 0.771. The Labute approximate surface area is 109 Å². The van der Waals surface area contributed by atoms with Gasteiger partial charge in [0.2, 0.25) is 0 Å². The van der Waals surface area contributed by atoms with Gasteiger partial charge in [0.1, 0.15) is 6.33 Å². The van der Waals surface area contributed by atoms with E-state index in [9.17, 15) is 0 Å². The molecule has 3 rings (SSSR count). The average molecular weight is 257 g/mol. The number of imidazole rings is 1. The predicted molar refractivity (Wildman–Crippen MR) is 70.8 cm³/mol. The van der Waals surface area contributed by atoms with Gasteiger partial charge in [-0.1, -0.05) is 0 Å². The summed E-state index contributed by atoms with van der Waals surface area (Å²) in [7, 11) is 0. The minimum Gasteiger partial charge on any atom is -0.329 e. The highest BCUT2D eigenvalue weighted by molar-refractivity contribution is 7.71. The number of H-pyrrole nitrogens is 1. The summed E-state index contributed by atoms with van der Waals surface area (Å²) in [5.74, 6) is 0. The van der Waals surface area contributed by atoms with Crippen LogP contribution in [0.2, 0.25) is 0 Å². The van der Waals surface area contributed by atoms with Crippen molar-refractivity contribution in [1.82, 2.24) is 24.5 Å². The number of rotatable bonds is 2. The number of nitrogens with one attached hydrogen (secondary N) is 1. The number of fused-ring (bicyclic) bond motifs is 1. The van der Waals surface area contributed by atoms with Crippen LogP contribution in [0.5, 0.6) is 0 Å². The third-order valence-electron chi connectivity index (χ3n) is 2.72. The molecule has 0 radical (unpaired) electrons. The molecule has 0 atom stereocenters.